The highest BCUT2D eigenvalue weighted by Gasteiger charge is 2.16. The van der Waals surface area contributed by atoms with Gasteiger partial charge < -0.3 is 9.64 Å². The summed E-state index contributed by atoms with van der Waals surface area (Å²) in [7, 11) is 0. The molecule has 0 bridgehead atoms. The maximum atomic E-state index is 6.00. The van der Waals surface area contributed by atoms with Crippen LogP contribution in [0.4, 0.5) is 5.69 Å². The van der Waals surface area contributed by atoms with Gasteiger partial charge in [-0.2, -0.15) is 0 Å². The minimum Gasteiger partial charge on any atom is -0.494 e. The molecule has 0 spiro atoms. The molecule has 0 saturated heterocycles. The van der Waals surface area contributed by atoms with Gasteiger partial charge in [0.05, 0.1) is 6.61 Å². The number of allylic oxidation sites excluding steroid dienone is 1. The molecule has 3 heteroatoms. The molecule has 0 atom stereocenters. The Bertz CT molecular complexity index is 537. The van der Waals surface area contributed by atoms with Crippen molar-refractivity contribution in [3.63, 3.8) is 0 Å². The predicted octanol–water partition coefficient (Wildman–Crippen LogP) is 6.52. The summed E-state index contributed by atoms with van der Waals surface area (Å²) in [5.41, 5.74) is 4.22. The molecule has 2 rings (SSSR count). The van der Waals surface area contributed by atoms with Crippen molar-refractivity contribution >= 4 is 21.6 Å². The van der Waals surface area contributed by atoms with E-state index < -0.39 is 0 Å². The van der Waals surface area contributed by atoms with E-state index in [1.54, 1.807) is 0 Å². The monoisotopic (exact) mass is 407 g/mol. The maximum Gasteiger partial charge on any atom is 0.119 e. The summed E-state index contributed by atoms with van der Waals surface area (Å²) in [4.78, 5) is 2.49. The highest BCUT2D eigenvalue weighted by molar-refractivity contribution is 9.09. The van der Waals surface area contributed by atoms with Gasteiger partial charge >= 0.3 is 0 Å². The minimum atomic E-state index is 0.846. The molecule has 0 N–H and O–H groups in total. The Morgan fingerprint density at radius 3 is 2.64 bits per heavy atom. The van der Waals surface area contributed by atoms with Crippen LogP contribution in [0.25, 0.3) is 0 Å². The van der Waals surface area contributed by atoms with Gasteiger partial charge in [-0.25, -0.2) is 0 Å². The van der Waals surface area contributed by atoms with Crippen molar-refractivity contribution in [2.75, 3.05) is 29.9 Å². The second-order valence-corrected chi connectivity index (χ2v) is 8.07. The summed E-state index contributed by atoms with van der Waals surface area (Å²) in [6.45, 7) is 7.36. The predicted molar refractivity (Wildman–Crippen MR) is 113 cm³/mol. The maximum absolute atomic E-state index is 6.00. The molecule has 0 unspecified atom stereocenters. The molecule has 1 aliphatic rings. The van der Waals surface area contributed by atoms with E-state index in [0.717, 1.165) is 37.2 Å². The average Bonchev–Trinajstić information content (AvgIpc) is 2.61. The van der Waals surface area contributed by atoms with Crippen LogP contribution in [0.3, 0.4) is 0 Å². The molecule has 0 radical (unpaired) electrons. The molecule has 25 heavy (non-hydrogen) atoms. The van der Waals surface area contributed by atoms with Crippen molar-refractivity contribution in [2.45, 2.75) is 65.2 Å². The fourth-order valence-corrected chi connectivity index (χ4v) is 3.71. The van der Waals surface area contributed by atoms with Crippen molar-refractivity contribution in [3.8, 4) is 5.75 Å². The van der Waals surface area contributed by atoms with Gasteiger partial charge in [-0.1, -0.05) is 53.3 Å². The molecule has 0 saturated carbocycles. The van der Waals surface area contributed by atoms with E-state index in [9.17, 15) is 0 Å². The number of hydrogen-bond donors (Lipinski definition) is 0. The lowest BCUT2D eigenvalue weighted by Gasteiger charge is -2.31. The molecule has 1 aromatic carbocycles. The van der Waals surface area contributed by atoms with Crippen molar-refractivity contribution < 1.29 is 4.74 Å². The fraction of sp³-hybridized carbons (Fsp3) is 0.636. The standard InChI is InChI=1S/C22H34BrNO/c1-19(2)13-16-24-15-9-10-20-18-21(11-12-22(20)24)25-17-8-6-4-3-5-7-14-23/h11-13,18H,3-10,14-17H2,1-2H3. The molecule has 140 valence electrons. The van der Waals surface area contributed by atoms with Crippen LogP contribution < -0.4 is 9.64 Å². The third-order valence-electron chi connectivity index (χ3n) is 4.78. The van der Waals surface area contributed by atoms with Crippen molar-refractivity contribution in [1.29, 1.82) is 0 Å². The summed E-state index contributed by atoms with van der Waals surface area (Å²) in [6, 6.07) is 6.67. The molecule has 0 amide bonds. The number of unbranched alkanes of at least 4 members (excludes halogenated alkanes) is 5. The highest BCUT2D eigenvalue weighted by Crippen LogP contribution is 2.30. The third-order valence-corrected chi connectivity index (χ3v) is 5.34. The van der Waals surface area contributed by atoms with Crippen LogP contribution in [0.15, 0.2) is 29.8 Å². The average molecular weight is 408 g/mol. The van der Waals surface area contributed by atoms with Crippen molar-refractivity contribution in [1.82, 2.24) is 0 Å². The van der Waals surface area contributed by atoms with Crippen LogP contribution >= 0.6 is 15.9 Å². The second kappa shape index (κ2) is 11.6. The Labute approximate surface area is 162 Å². The number of alkyl halides is 1. The van der Waals surface area contributed by atoms with Gasteiger partial charge in [0, 0.05) is 24.1 Å². The van der Waals surface area contributed by atoms with E-state index in [4.69, 9.17) is 4.74 Å². The summed E-state index contributed by atoms with van der Waals surface area (Å²) < 4.78 is 6.00. The number of fused-ring (bicyclic) bond motifs is 1. The Balaban J connectivity index is 1.75. The summed E-state index contributed by atoms with van der Waals surface area (Å²) in [5.74, 6) is 1.04. The first-order valence-electron chi connectivity index (χ1n) is 9.90. The molecule has 2 nitrogen and oxygen atoms in total. The van der Waals surface area contributed by atoms with E-state index >= 15 is 0 Å². The number of hydrogen-bond acceptors (Lipinski definition) is 2. The number of rotatable bonds is 11. The molecule has 1 aliphatic heterocycles. The van der Waals surface area contributed by atoms with E-state index in [1.165, 1.54) is 61.8 Å². The topological polar surface area (TPSA) is 12.5 Å². The first-order chi connectivity index (χ1) is 12.2. The highest BCUT2D eigenvalue weighted by atomic mass is 79.9. The van der Waals surface area contributed by atoms with Gasteiger partial charge in [-0.3, -0.25) is 0 Å². The normalized spacial score (nSPS) is 13.5. The summed E-state index contributed by atoms with van der Waals surface area (Å²) in [5, 5.41) is 1.14. The fourth-order valence-electron chi connectivity index (χ4n) is 3.32. The molecule has 1 heterocycles. The number of nitrogens with zero attached hydrogens (tertiary/aromatic N) is 1. The van der Waals surface area contributed by atoms with Crippen LogP contribution in [-0.4, -0.2) is 25.0 Å². The van der Waals surface area contributed by atoms with E-state index in [1.807, 2.05) is 0 Å². The Kier molecular flexibility index (Phi) is 9.46. The third kappa shape index (κ3) is 7.43. The molecular formula is C22H34BrNO. The van der Waals surface area contributed by atoms with Crippen LogP contribution in [0, 0.1) is 0 Å². The van der Waals surface area contributed by atoms with Crippen LogP contribution in [-0.2, 0) is 6.42 Å². The molecule has 0 aliphatic carbocycles. The van der Waals surface area contributed by atoms with Crippen molar-refractivity contribution in [2.24, 2.45) is 0 Å². The number of halogens is 1. The summed E-state index contributed by atoms with van der Waals surface area (Å²) in [6.07, 6.45) is 12.5. The summed E-state index contributed by atoms with van der Waals surface area (Å²) >= 11 is 3.49. The number of ether oxygens (including phenoxy) is 1. The Hall–Kier alpha value is -0.960. The SMILES string of the molecule is CC(C)=CCN1CCCc2cc(OCCCCCCCCBr)ccc21. The zero-order chi connectivity index (χ0) is 17.9. The molecular weight excluding hydrogens is 374 g/mol. The van der Waals surface area contributed by atoms with E-state index in [2.05, 4.69) is 59.0 Å². The first-order valence-corrected chi connectivity index (χ1v) is 11.0. The molecule has 0 aromatic heterocycles. The molecule has 0 fully saturated rings. The second-order valence-electron chi connectivity index (χ2n) is 7.28. The Morgan fingerprint density at radius 2 is 1.88 bits per heavy atom. The smallest absolute Gasteiger partial charge is 0.119 e. The van der Waals surface area contributed by atoms with Crippen LogP contribution in [0.1, 0.15) is 64.4 Å². The lowest BCUT2D eigenvalue weighted by Crippen LogP contribution is -2.29. The number of benzene rings is 1. The lowest BCUT2D eigenvalue weighted by molar-refractivity contribution is 0.304. The van der Waals surface area contributed by atoms with E-state index in [-0.39, 0.29) is 0 Å². The zero-order valence-corrected chi connectivity index (χ0v) is 17.6. The van der Waals surface area contributed by atoms with Crippen LogP contribution in [0.5, 0.6) is 5.75 Å². The molecule has 1 aromatic rings. The largest absolute Gasteiger partial charge is 0.494 e. The van der Waals surface area contributed by atoms with Gasteiger partial charge in [0.1, 0.15) is 5.75 Å². The Morgan fingerprint density at radius 1 is 1.12 bits per heavy atom. The number of aryl methyl sites for hydroxylation is 1. The van der Waals surface area contributed by atoms with Gasteiger partial charge in [-0.05, 0) is 63.3 Å². The van der Waals surface area contributed by atoms with Gasteiger partial charge in [0.25, 0.3) is 0 Å². The van der Waals surface area contributed by atoms with Crippen LogP contribution in [0.2, 0.25) is 0 Å². The lowest BCUT2D eigenvalue weighted by atomic mass is 10.0. The quantitative estimate of drug-likeness (QED) is 0.235. The minimum absolute atomic E-state index is 0.846. The van der Waals surface area contributed by atoms with Gasteiger partial charge in [-0.15, -0.1) is 0 Å². The van der Waals surface area contributed by atoms with Crippen molar-refractivity contribution in [3.05, 3.63) is 35.4 Å². The number of anilines is 1. The van der Waals surface area contributed by atoms with Gasteiger partial charge in [0.2, 0.25) is 0 Å². The first kappa shape index (κ1) is 20.4. The van der Waals surface area contributed by atoms with E-state index in [0.29, 0.717) is 0 Å². The zero-order valence-electron chi connectivity index (χ0n) is 16.0. The van der Waals surface area contributed by atoms with Gasteiger partial charge in [0.15, 0.2) is 0 Å².